The summed E-state index contributed by atoms with van der Waals surface area (Å²) < 4.78 is 5.14. The number of amides is 2. The lowest BCUT2D eigenvalue weighted by Gasteiger charge is -2.16. The zero-order valence-electron chi connectivity index (χ0n) is 9.87. The molecule has 5 nitrogen and oxygen atoms in total. The highest BCUT2D eigenvalue weighted by molar-refractivity contribution is 5.74. The summed E-state index contributed by atoms with van der Waals surface area (Å²) in [4.78, 5) is 11.6. The fraction of sp³-hybridized carbons (Fsp3) is 0.583. The summed E-state index contributed by atoms with van der Waals surface area (Å²) in [7, 11) is 0. The maximum Gasteiger partial charge on any atom is 0.315 e. The summed E-state index contributed by atoms with van der Waals surface area (Å²) in [5.41, 5.74) is 0. The van der Waals surface area contributed by atoms with E-state index in [4.69, 9.17) is 4.42 Å². The van der Waals surface area contributed by atoms with Crippen molar-refractivity contribution in [3.8, 4) is 0 Å². The van der Waals surface area contributed by atoms with Crippen molar-refractivity contribution in [2.75, 3.05) is 13.1 Å². The topological polar surface area (TPSA) is 66.3 Å². The molecular weight excluding hydrogens is 218 g/mol. The van der Waals surface area contributed by atoms with E-state index in [1.807, 2.05) is 12.1 Å². The maximum atomic E-state index is 11.6. The van der Waals surface area contributed by atoms with Gasteiger partial charge in [0.05, 0.1) is 12.8 Å². The predicted molar refractivity (Wildman–Crippen MR) is 64.6 cm³/mol. The zero-order valence-corrected chi connectivity index (χ0v) is 9.87. The molecule has 1 saturated heterocycles. The van der Waals surface area contributed by atoms with Crippen molar-refractivity contribution in [2.24, 2.45) is 0 Å². The van der Waals surface area contributed by atoms with Crippen molar-refractivity contribution in [1.82, 2.24) is 16.0 Å². The van der Waals surface area contributed by atoms with Crippen molar-refractivity contribution >= 4 is 6.03 Å². The van der Waals surface area contributed by atoms with Gasteiger partial charge in [-0.1, -0.05) is 6.42 Å². The van der Waals surface area contributed by atoms with Crippen LogP contribution in [-0.4, -0.2) is 25.2 Å². The minimum atomic E-state index is -0.130. The Balaban J connectivity index is 1.69. The average molecular weight is 237 g/mol. The largest absolute Gasteiger partial charge is 0.467 e. The lowest BCUT2D eigenvalue weighted by molar-refractivity contribution is 0.235. The summed E-state index contributed by atoms with van der Waals surface area (Å²) in [5.74, 6) is 0.763. The van der Waals surface area contributed by atoms with Gasteiger partial charge in [-0.15, -0.1) is 0 Å². The molecule has 2 amide bonds. The SMILES string of the molecule is O=C(NCc1ccco1)NC1CCCCNC1. The van der Waals surface area contributed by atoms with Gasteiger partial charge in [0, 0.05) is 12.6 Å². The van der Waals surface area contributed by atoms with Crippen LogP contribution in [0.2, 0.25) is 0 Å². The molecular formula is C12H19N3O2. The van der Waals surface area contributed by atoms with Crippen LogP contribution in [0.15, 0.2) is 22.8 Å². The van der Waals surface area contributed by atoms with E-state index in [1.54, 1.807) is 6.26 Å². The molecule has 2 heterocycles. The molecule has 1 unspecified atom stereocenters. The standard InChI is InChI=1S/C12H19N3O2/c16-12(14-9-11-5-3-7-17-11)15-10-4-1-2-6-13-8-10/h3,5,7,10,13H,1-2,4,6,8-9H2,(H2,14,15,16). The zero-order chi connectivity index (χ0) is 11.9. The molecule has 0 radical (unpaired) electrons. The van der Waals surface area contributed by atoms with E-state index in [0.29, 0.717) is 6.54 Å². The molecule has 94 valence electrons. The summed E-state index contributed by atoms with van der Waals surface area (Å²) in [6.07, 6.45) is 4.99. The Labute approximate surface area is 101 Å². The lowest BCUT2D eigenvalue weighted by atomic mass is 10.1. The first-order valence-corrected chi connectivity index (χ1v) is 6.12. The monoisotopic (exact) mass is 237 g/mol. The van der Waals surface area contributed by atoms with Gasteiger partial charge in [0.15, 0.2) is 0 Å². The lowest BCUT2D eigenvalue weighted by Crippen LogP contribution is -2.45. The Morgan fingerprint density at radius 2 is 2.47 bits per heavy atom. The molecule has 5 heteroatoms. The molecule has 0 bridgehead atoms. The molecule has 3 N–H and O–H groups in total. The van der Waals surface area contributed by atoms with Crippen molar-refractivity contribution in [3.05, 3.63) is 24.2 Å². The second-order valence-corrected chi connectivity index (χ2v) is 4.30. The van der Waals surface area contributed by atoms with Crippen LogP contribution in [0, 0.1) is 0 Å². The van der Waals surface area contributed by atoms with E-state index >= 15 is 0 Å². The third kappa shape index (κ3) is 4.11. The number of hydrogen-bond acceptors (Lipinski definition) is 3. The van der Waals surface area contributed by atoms with Crippen LogP contribution in [-0.2, 0) is 6.54 Å². The van der Waals surface area contributed by atoms with Gasteiger partial charge >= 0.3 is 6.03 Å². The van der Waals surface area contributed by atoms with E-state index < -0.39 is 0 Å². The van der Waals surface area contributed by atoms with Crippen molar-refractivity contribution in [1.29, 1.82) is 0 Å². The highest BCUT2D eigenvalue weighted by Crippen LogP contribution is 2.04. The molecule has 17 heavy (non-hydrogen) atoms. The Hall–Kier alpha value is -1.49. The third-order valence-corrected chi connectivity index (χ3v) is 2.89. The van der Waals surface area contributed by atoms with Crippen LogP contribution in [0.25, 0.3) is 0 Å². The van der Waals surface area contributed by atoms with Gasteiger partial charge in [-0.05, 0) is 31.5 Å². The van der Waals surface area contributed by atoms with E-state index in [1.165, 1.54) is 6.42 Å². The smallest absolute Gasteiger partial charge is 0.315 e. The molecule has 0 aliphatic carbocycles. The van der Waals surface area contributed by atoms with Crippen LogP contribution in [0.4, 0.5) is 4.79 Å². The quantitative estimate of drug-likeness (QED) is 0.740. The minimum absolute atomic E-state index is 0.130. The van der Waals surface area contributed by atoms with E-state index in [2.05, 4.69) is 16.0 Å². The molecule has 1 aromatic heterocycles. The molecule has 0 aromatic carbocycles. The fourth-order valence-corrected chi connectivity index (χ4v) is 1.96. The van der Waals surface area contributed by atoms with Crippen LogP contribution < -0.4 is 16.0 Å². The van der Waals surface area contributed by atoms with Crippen molar-refractivity contribution in [2.45, 2.75) is 31.8 Å². The van der Waals surface area contributed by atoms with Crippen molar-refractivity contribution in [3.63, 3.8) is 0 Å². The molecule has 0 saturated carbocycles. The first-order valence-electron chi connectivity index (χ1n) is 6.12. The number of urea groups is 1. The third-order valence-electron chi connectivity index (χ3n) is 2.89. The van der Waals surface area contributed by atoms with Gasteiger partial charge in [-0.25, -0.2) is 4.79 Å². The minimum Gasteiger partial charge on any atom is -0.467 e. The molecule has 1 aromatic rings. The number of carbonyl (C=O) groups is 1. The Morgan fingerprint density at radius 3 is 3.29 bits per heavy atom. The van der Waals surface area contributed by atoms with Crippen LogP contribution >= 0.6 is 0 Å². The molecule has 0 spiro atoms. The predicted octanol–water partition coefficient (Wildman–Crippen LogP) is 1.22. The van der Waals surface area contributed by atoms with E-state index in [-0.39, 0.29) is 12.1 Å². The van der Waals surface area contributed by atoms with Gasteiger partial charge in [0.25, 0.3) is 0 Å². The summed E-state index contributed by atoms with van der Waals surface area (Å²) in [6.45, 7) is 2.33. The van der Waals surface area contributed by atoms with Gasteiger partial charge in [0.1, 0.15) is 5.76 Å². The first kappa shape index (κ1) is 12.0. The van der Waals surface area contributed by atoms with E-state index in [0.717, 1.165) is 31.7 Å². The molecule has 1 aliphatic heterocycles. The normalized spacial score (nSPS) is 20.6. The first-order chi connectivity index (χ1) is 8.34. The van der Waals surface area contributed by atoms with Gasteiger partial charge < -0.3 is 20.4 Å². The maximum absolute atomic E-state index is 11.6. The van der Waals surface area contributed by atoms with Gasteiger partial charge in [-0.2, -0.15) is 0 Å². The van der Waals surface area contributed by atoms with Crippen LogP contribution in [0.5, 0.6) is 0 Å². The second kappa shape index (κ2) is 6.30. The van der Waals surface area contributed by atoms with E-state index in [9.17, 15) is 4.79 Å². The van der Waals surface area contributed by atoms with Gasteiger partial charge in [-0.3, -0.25) is 0 Å². The van der Waals surface area contributed by atoms with Crippen LogP contribution in [0.1, 0.15) is 25.0 Å². The molecule has 2 rings (SSSR count). The summed E-state index contributed by atoms with van der Waals surface area (Å²) in [6, 6.07) is 3.75. The number of rotatable bonds is 3. The Bertz CT molecular complexity index is 330. The number of carbonyl (C=O) groups excluding carboxylic acids is 1. The fourth-order valence-electron chi connectivity index (χ4n) is 1.96. The second-order valence-electron chi connectivity index (χ2n) is 4.30. The highest BCUT2D eigenvalue weighted by Gasteiger charge is 2.13. The highest BCUT2D eigenvalue weighted by atomic mass is 16.3. The van der Waals surface area contributed by atoms with Crippen LogP contribution in [0.3, 0.4) is 0 Å². The summed E-state index contributed by atoms with van der Waals surface area (Å²) in [5, 5.41) is 9.06. The van der Waals surface area contributed by atoms with Crippen molar-refractivity contribution < 1.29 is 9.21 Å². The molecule has 1 fully saturated rings. The molecule has 1 aliphatic rings. The average Bonchev–Trinajstić information content (AvgIpc) is 2.72. The number of nitrogens with one attached hydrogen (secondary N) is 3. The number of hydrogen-bond donors (Lipinski definition) is 3. The number of furan rings is 1. The molecule has 1 atom stereocenters. The van der Waals surface area contributed by atoms with Gasteiger partial charge in [0.2, 0.25) is 0 Å². The summed E-state index contributed by atoms with van der Waals surface area (Å²) >= 11 is 0. The Kier molecular flexibility index (Phi) is 4.44. The Morgan fingerprint density at radius 1 is 1.53 bits per heavy atom.